The van der Waals surface area contributed by atoms with E-state index in [4.69, 9.17) is 11.6 Å². The number of aryl methyl sites for hydroxylation is 1. The van der Waals surface area contributed by atoms with Crippen LogP contribution in [-0.4, -0.2) is 23.3 Å². The second-order valence-electron chi connectivity index (χ2n) is 5.03. The molecule has 1 atom stereocenters. The van der Waals surface area contributed by atoms with Gasteiger partial charge in [0, 0.05) is 35.5 Å². The van der Waals surface area contributed by atoms with Crippen molar-refractivity contribution in [3.05, 3.63) is 34.7 Å². The van der Waals surface area contributed by atoms with Crippen molar-refractivity contribution in [2.75, 3.05) is 17.3 Å². The van der Waals surface area contributed by atoms with Gasteiger partial charge in [0.15, 0.2) is 0 Å². The standard InChI is InChI=1S/C15H15ClN2OS/c1-10-17-14(9-20-10)12-2-4-13(5-3-12)18-8-11(7-16)6-15(18)19/h2-5,9,11H,6-8H2,1H3. The van der Waals surface area contributed by atoms with Crippen LogP contribution in [0.25, 0.3) is 11.3 Å². The lowest BCUT2D eigenvalue weighted by molar-refractivity contribution is -0.117. The number of alkyl halides is 1. The zero-order valence-electron chi connectivity index (χ0n) is 11.2. The van der Waals surface area contributed by atoms with Gasteiger partial charge in [0.1, 0.15) is 0 Å². The fourth-order valence-corrected chi connectivity index (χ4v) is 3.27. The molecule has 1 aliphatic rings. The van der Waals surface area contributed by atoms with Crippen molar-refractivity contribution >= 4 is 34.5 Å². The Morgan fingerprint density at radius 3 is 2.70 bits per heavy atom. The molecule has 2 aromatic rings. The van der Waals surface area contributed by atoms with Crippen LogP contribution in [0.2, 0.25) is 0 Å². The molecule has 0 radical (unpaired) electrons. The summed E-state index contributed by atoms with van der Waals surface area (Å²) in [6.07, 6.45) is 0.552. The molecule has 1 aromatic carbocycles. The van der Waals surface area contributed by atoms with Crippen LogP contribution in [0.15, 0.2) is 29.6 Å². The van der Waals surface area contributed by atoms with E-state index in [1.807, 2.05) is 36.1 Å². The lowest BCUT2D eigenvalue weighted by Crippen LogP contribution is -2.24. The lowest BCUT2D eigenvalue weighted by Gasteiger charge is -2.16. The zero-order chi connectivity index (χ0) is 14.1. The molecule has 0 bridgehead atoms. The van der Waals surface area contributed by atoms with Crippen LogP contribution in [0, 0.1) is 12.8 Å². The van der Waals surface area contributed by atoms with Gasteiger partial charge in [-0.1, -0.05) is 12.1 Å². The molecule has 3 rings (SSSR count). The van der Waals surface area contributed by atoms with E-state index in [1.54, 1.807) is 11.3 Å². The summed E-state index contributed by atoms with van der Waals surface area (Å²) in [5.74, 6) is 0.969. The molecular weight excluding hydrogens is 292 g/mol. The summed E-state index contributed by atoms with van der Waals surface area (Å²) in [7, 11) is 0. The molecular formula is C15H15ClN2OS. The maximum Gasteiger partial charge on any atom is 0.227 e. The Hall–Kier alpha value is -1.39. The first kappa shape index (κ1) is 13.6. The number of halogens is 1. The zero-order valence-corrected chi connectivity index (χ0v) is 12.7. The minimum atomic E-state index is 0.160. The fourth-order valence-electron chi connectivity index (χ4n) is 2.44. The van der Waals surface area contributed by atoms with E-state index >= 15 is 0 Å². The van der Waals surface area contributed by atoms with E-state index in [-0.39, 0.29) is 11.8 Å². The molecule has 104 valence electrons. The van der Waals surface area contributed by atoms with Crippen molar-refractivity contribution < 1.29 is 4.79 Å². The van der Waals surface area contributed by atoms with E-state index in [1.165, 1.54) is 0 Å². The first-order valence-electron chi connectivity index (χ1n) is 6.56. The molecule has 0 saturated carbocycles. The molecule has 1 saturated heterocycles. The molecule has 2 heterocycles. The van der Waals surface area contributed by atoms with Crippen LogP contribution in [0.3, 0.4) is 0 Å². The average molecular weight is 307 g/mol. The van der Waals surface area contributed by atoms with Gasteiger partial charge >= 0.3 is 0 Å². The minimum Gasteiger partial charge on any atom is -0.312 e. The van der Waals surface area contributed by atoms with Crippen LogP contribution in [0.5, 0.6) is 0 Å². The predicted molar refractivity (Wildman–Crippen MR) is 83.5 cm³/mol. The second-order valence-corrected chi connectivity index (χ2v) is 6.40. The number of aromatic nitrogens is 1. The second kappa shape index (κ2) is 5.54. The number of hydrogen-bond acceptors (Lipinski definition) is 3. The first-order valence-corrected chi connectivity index (χ1v) is 7.97. The topological polar surface area (TPSA) is 33.2 Å². The van der Waals surface area contributed by atoms with Gasteiger partial charge in [-0.2, -0.15) is 0 Å². The van der Waals surface area contributed by atoms with Crippen molar-refractivity contribution in [2.24, 2.45) is 5.92 Å². The van der Waals surface area contributed by atoms with Crippen molar-refractivity contribution in [3.8, 4) is 11.3 Å². The summed E-state index contributed by atoms with van der Waals surface area (Å²) in [5, 5.41) is 3.11. The van der Waals surface area contributed by atoms with E-state index in [0.717, 1.165) is 28.5 Å². The van der Waals surface area contributed by atoms with Crippen molar-refractivity contribution in [1.82, 2.24) is 4.98 Å². The number of hydrogen-bond donors (Lipinski definition) is 0. The van der Waals surface area contributed by atoms with Gasteiger partial charge in [-0.05, 0) is 25.0 Å². The van der Waals surface area contributed by atoms with Crippen LogP contribution in [0.4, 0.5) is 5.69 Å². The Bertz CT molecular complexity index is 623. The first-order chi connectivity index (χ1) is 9.67. The smallest absolute Gasteiger partial charge is 0.227 e. The van der Waals surface area contributed by atoms with Gasteiger partial charge in [0.25, 0.3) is 0 Å². The number of rotatable bonds is 3. The maximum absolute atomic E-state index is 12.0. The third-order valence-electron chi connectivity index (χ3n) is 3.52. The van der Waals surface area contributed by atoms with Crippen LogP contribution >= 0.6 is 22.9 Å². The number of carbonyl (C=O) groups is 1. The van der Waals surface area contributed by atoms with Gasteiger partial charge < -0.3 is 4.90 Å². The highest BCUT2D eigenvalue weighted by Crippen LogP contribution is 2.28. The number of anilines is 1. The van der Waals surface area contributed by atoms with Gasteiger partial charge in [-0.3, -0.25) is 4.79 Å². The van der Waals surface area contributed by atoms with E-state index in [9.17, 15) is 4.79 Å². The molecule has 1 unspecified atom stereocenters. The average Bonchev–Trinajstić information content (AvgIpc) is 3.05. The molecule has 0 spiro atoms. The fraction of sp³-hybridized carbons (Fsp3) is 0.333. The minimum absolute atomic E-state index is 0.160. The summed E-state index contributed by atoms with van der Waals surface area (Å²) in [4.78, 5) is 18.3. The number of nitrogens with zero attached hydrogens (tertiary/aromatic N) is 2. The number of amides is 1. The molecule has 0 aliphatic carbocycles. The number of thiazole rings is 1. The summed E-state index contributed by atoms with van der Waals surface area (Å²) in [5.41, 5.74) is 3.02. The Balaban J connectivity index is 1.81. The molecule has 1 aromatic heterocycles. The molecule has 5 heteroatoms. The van der Waals surface area contributed by atoms with E-state index in [2.05, 4.69) is 10.4 Å². The summed E-state index contributed by atoms with van der Waals surface area (Å²) in [6, 6.07) is 8.01. The number of carbonyl (C=O) groups excluding carboxylic acids is 1. The lowest BCUT2D eigenvalue weighted by atomic mass is 10.1. The summed E-state index contributed by atoms with van der Waals surface area (Å²) >= 11 is 7.49. The molecule has 20 heavy (non-hydrogen) atoms. The molecule has 0 N–H and O–H groups in total. The molecule has 1 aliphatic heterocycles. The Kier molecular flexibility index (Phi) is 3.76. The highest BCUT2D eigenvalue weighted by molar-refractivity contribution is 7.09. The summed E-state index contributed by atoms with van der Waals surface area (Å²) in [6.45, 7) is 2.72. The van der Waals surface area contributed by atoms with Crippen molar-refractivity contribution in [1.29, 1.82) is 0 Å². The van der Waals surface area contributed by atoms with Gasteiger partial charge in [0.05, 0.1) is 10.7 Å². The van der Waals surface area contributed by atoms with Gasteiger partial charge in [0.2, 0.25) is 5.91 Å². The van der Waals surface area contributed by atoms with Crippen molar-refractivity contribution in [3.63, 3.8) is 0 Å². The Morgan fingerprint density at radius 1 is 1.40 bits per heavy atom. The SMILES string of the molecule is Cc1nc(-c2ccc(N3CC(CCl)CC3=O)cc2)cs1. The predicted octanol–water partition coefficient (Wildman–Crippen LogP) is 3.71. The summed E-state index contributed by atoms with van der Waals surface area (Å²) < 4.78 is 0. The van der Waals surface area contributed by atoms with E-state index in [0.29, 0.717) is 12.3 Å². The maximum atomic E-state index is 12.0. The van der Waals surface area contributed by atoms with Gasteiger partial charge in [-0.15, -0.1) is 22.9 Å². The third kappa shape index (κ3) is 2.58. The normalized spacial score (nSPS) is 18.8. The molecule has 3 nitrogen and oxygen atoms in total. The highest BCUT2D eigenvalue weighted by atomic mass is 35.5. The number of benzene rings is 1. The van der Waals surface area contributed by atoms with E-state index < -0.39 is 0 Å². The monoisotopic (exact) mass is 306 g/mol. The Labute approximate surface area is 127 Å². The quantitative estimate of drug-likeness (QED) is 0.810. The van der Waals surface area contributed by atoms with Crippen molar-refractivity contribution in [2.45, 2.75) is 13.3 Å². The third-order valence-corrected chi connectivity index (χ3v) is 4.73. The van der Waals surface area contributed by atoms with Gasteiger partial charge in [-0.25, -0.2) is 4.98 Å². The Morgan fingerprint density at radius 2 is 2.15 bits per heavy atom. The highest BCUT2D eigenvalue weighted by Gasteiger charge is 2.29. The van der Waals surface area contributed by atoms with Crippen LogP contribution in [0.1, 0.15) is 11.4 Å². The largest absolute Gasteiger partial charge is 0.312 e. The molecule has 1 fully saturated rings. The van der Waals surface area contributed by atoms with Crippen LogP contribution < -0.4 is 4.90 Å². The molecule has 1 amide bonds. The van der Waals surface area contributed by atoms with Crippen LogP contribution in [-0.2, 0) is 4.79 Å².